The molecular formula is C23H24N2O4. The van der Waals surface area contributed by atoms with Crippen LogP contribution in [-0.2, 0) is 25.7 Å². The third-order valence-electron chi connectivity index (χ3n) is 4.78. The molecule has 2 N–H and O–H groups in total. The highest BCUT2D eigenvalue weighted by Gasteiger charge is 2.30. The fraction of sp³-hybridized carbons (Fsp3) is 0.261. The van der Waals surface area contributed by atoms with E-state index in [-0.39, 0.29) is 25.4 Å². The number of rotatable bonds is 7. The van der Waals surface area contributed by atoms with Crippen LogP contribution in [-0.4, -0.2) is 24.3 Å². The molecule has 1 atom stereocenters. The molecule has 0 spiro atoms. The Morgan fingerprint density at radius 3 is 2.34 bits per heavy atom. The van der Waals surface area contributed by atoms with Gasteiger partial charge in [-0.1, -0.05) is 60.2 Å². The molecule has 6 heteroatoms. The number of hydrogen-bond acceptors (Lipinski definition) is 4. The minimum Gasteiger partial charge on any atom is -0.461 e. The number of carbonyl (C=O) groups is 3. The number of primary amides is 1. The van der Waals surface area contributed by atoms with Gasteiger partial charge in [0.2, 0.25) is 11.8 Å². The number of benzene rings is 2. The van der Waals surface area contributed by atoms with Crippen LogP contribution in [0.3, 0.4) is 0 Å². The van der Waals surface area contributed by atoms with Crippen molar-refractivity contribution < 1.29 is 19.1 Å². The molecule has 0 radical (unpaired) electrons. The van der Waals surface area contributed by atoms with Crippen molar-refractivity contribution in [1.82, 2.24) is 0 Å². The van der Waals surface area contributed by atoms with Crippen molar-refractivity contribution in [2.24, 2.45) is 11.7 Å². The molecule has 0 saturated heterocycles. The zero-order chi connectivity index (χ0) is 20.6. The molecule has 6 nitrogen and oxygen atoms in total. The molecule has 1 unspecified atom stereocenters. The first kappa shape index (κ1) is 20.3. The Labute approximate surface area is 170 Å². The SMILES string of the molecule is NC(=O)CC1=CC(CC(=O)OCc2ccccc2)C(=O)N(c2ccccc2)CC1. The second kappa shape index (κ2) is 9.68. The van der Waals surface area contributed by atoms with Gasteiger partial charge < -0.3 is 15.4 Å². The summed E-state index contributed by atoms with van der Waals surface area (Å²) in [5.74, 6) is -1.80. The van der Waals surface area contributed by atoms with Crippen molar-refractivity contribution in [2.75, 3.05) is 11.4 Å². The number of carbonyl (C=O) groups excluding carboxylic acids is 3. The summed E-state index contributed by atoms with van der Waals surface area (Å²) in [6.07, 6.45) is 2.22. The first-order valence-electron chi connectivity index (χ1n) is 9.57. The van der Waals surface area contributed by atoms with Gasteiger partial charge in [0.1, 0.15) is 6.61 Å². The Balaban J connectivity index is 1.74. The van der Waals surface area contributed by atoms with E-state index in [1.165, 1.54) is 0 Å². The van der Waals surface area contributed by atoms with Crippen molar-refractivity contribution in [2.45, 2.75) is 25.9 Å². The van der Waals surface area contributed by atoms with E-state index in [9.17, 15) is 14.4 Å². The van der Waals surface area contributed by atoms with Crippen molar-refractivity contribution >= 4 is 23.5 Å². The Hall–Kier alpha value is -3.41. The van der Waals surface area contributed by atoms with Gasteiger partial charge in [-0.25, -0.2) is 0 Å². The van der Waals surface area contributed by atoms with Gasteiger partial charge in [0.05, 0.1) is 12.3 Å². The molecular weight excluding hydrogens is 368 g/mol. The molecule has 2 aromatic carbocycles. The molecule has 0 aliphatic carbocycles. The maximum atomic E-state index is 13.1. The summed E-state index contributed by atoms with van der Waals surface area (Å²) >= 11 is 0. The Kier molecular flexibility index (Phi) is 6.79. The summed E-state index contributed by atoms with van der Waals surface area (Å²) < 4.78 is 5.35. The molecule has 2 amide bonds. The molecule has 0 aromatic heterocycles. The molecule has 3 rings (SSSR count). The first-order valence-corrected chi connectivity index (χ1v) is 9.57. The number of hydrogen-bond donors (Lipinski definition) is 1. The van der Waals surface area contributed by atoms with E-state index in [2.05, 4.69) is 0 Å². The molecule has 1 aliphatic heterocycles. The topological polar surface area (TPSA) is 89.7 Å². The quantitative estimate of drug-likeness (QED) is 0.579. The second-order valence-corrected chi connectivity index (χ2v) is 7.00. The normalized spacial score (nSPS) is 16.7. The van der Waals surface area contributed by atoms with Crippen molar-refractivity contribution in [3.05, 3.63) is 77.9 Å². The van der Waals surface area contributed by atoms with Gasteiger partial charge in [-0.05, 0) is 24.1 Å². The molecule has 0 bridgehead atoms. The van der Waals surface area contributed by atoms with Gasteiger partial charge in [-0.15, -0.1) is 0 Å². The van der Waals surface area contributed by atoms with Gasteiger partial charge in [-0.3, -0.25) is 14.4 Å². The number of nitrogens with two attached hydrogens (primary N) is 1. The van der Waals surface area contributed by atoms with E-state index in [0.717, 1.165) is 16.8 Å². The van der Waals surface area contributed by atoms with E-state index in [1.54, 1.807) is 11.0 Å². The fourth-order valence-corrected chi connectivity index (χ4v) is 3.36. The van der Waals surface area contributed by atoms with Gasteiger partial charge in [0.25, 0.3) is 0 Å². The fourth-order valence-electron chi connectivity index (χ4n) is 3.36. The molecule has 0 saturated carbocycles. The average Bonchev–Trinajstić information content (AvgIpc) is 2.86. The van der Waals surface area contributed by atoms with Crippen LogP contribution in [0.4, 0.5) is 5.69 Å². The van der Waals surface area contributed by atoms with Gasteiger partial charge >= 0.3 is 5.97 Å². The molecule has 150 valence electrons. The van der Waals surface area contributed by atoms with E-state index in [1.807, 2.05) is 60.7 Å². The van der Waals surface area contributed by atoms with E-state index in [4.69, 9.17) is 10.5 Å². The number of nitrogens with zero attached hydrogens (tertiary/aromatic N) is 1. The van der Waals surface area contributed by atoms with Crippen LogP contribution in [0.5, 0.6) is 0 Å². The molecule has 1 aliphatic rings. The summed E-state index contributed by atoms with van der Waals surface area (Å²) in [4.78, 5) is 38.6. The summed E-state index contributed by atoms with van der Waals surface area (Å²) in [6, 6.07) is 18.6. The third-order valence-corrected chi connectivity index (χ3v) is 4.78. The lowest BCUT2D eigenvalue weighted by Gasteiger charge is -2.24. The summed E-state index contributed by atoms with van der Waals surface area (Å²) in [5, 5.41) is 0. The first-order chi connectivity index (χ1) is 14.0. The zero-order valence-electron chi connectivity index (χ0n) is 16.1. The lowest BCUT2D eigenvalue weighted by Crippen LogP contribution is -2.36. The molecule has 1 heterocycles. The van der Waals surface area contributed by atoms with Gasteiger partial charge in [-0.2, -0.15) is 0 Å². The molecule has 0 fully saturated rings. The summed E-state index contributed by atoms with van der Waals surface area (Å²) in [6.45, 7) is 0.582. The Morgan fingerprint density at radius 2 is 1.69 bits per heavy atom. The van der Waals surface area contributed by atoms with Crippen LogP contribution in [0, 0.1) is 5.92 Å². The van der Waals surface area contributed by atoms with Crippen molar-refractivity contribution in [1.29, 1.82) is 0 Å². The highest BCUT2D eigenvalue weighted by atomic mass is 16.5. The number of esters is 1. The number of ether oxygens (including phenoxy) is 1. The standard InChI is InChI=1S/C23H24N2O4/c24-21(26)14-18-11-12-25(20-9-5-2-6-10-20)23(28)19(13-18)15-22(27)29-16-17-7-3-1-4-8-17/h1-10,13,19H,11-12,14-16H2,(H2,24,26). The van der Waals surface area contributed by atoms with Crippen LogP contribution in [0.25, 0.3) is 0 Å². The smallest absolute Gasteiger partial charge is 0.307 e. The lowest BCUT2D eigenvalue weighted by molar-refractivity contribution is -0.147. The number of amides is 2. The van der Waals surface area contributed by atoms with Crippen molar-refractivity contribution in [3.63, 3.8) is 0 Å². The van der Waals surface area contributed by atoms with Crippen molar-refractivity contribution in [3.8, 4) is 0 Å². The maximum Gasteiger partial charge on any atom is 0.307 e. The number of para-hydroxylation sites is 1. The van der Waals surface area contributed by atoms with E-state index < -0.39 is 17.8 Å². The minimum absolute atomic E-state index is 0.0749. The van der Waals surface area contributed by atoms with Crippen LogP contribution >= 0.6 is 0 Å². The van der Waals surface area contributed by atoms with Gasteiger partial charge in [0, 0.05) is 18.7 Å². The summed E-state index contributed by atoms with van der Waals surface area (Å²) in [7, 11) is 0. The zero-order valence-corrected chi connectivity index (χ0v) is 16.1. The second-order valence-electron chi connectivity index (χ2n) is 7.00. The maximum absolute atomic E-state index is 13.1. The van der Waals surface area contributed by atoms with Crippen LogP contribution in [0.1, 0.15) is 24.8 Å². The molecule has 2 aromatic rings. The highest BCUT2D eigenvalue weighted by Crippen LogP contribution is 2.26. The summed E-state index contributed by atoms with van der Waals surface area (Å²) in [5.41, 5.74) is 7.75. The third kappa shape index (κ3) is 5.78. The van der Waals surface area contributed by atoms with Crippen LogP contribution in [0.2, 0.25) is 0 Å². The highest BCUT2D eigenvalue weighted by molar-refractivity contribution is 5.98. The average molecular weight is 392 g/mol. The predicted octanol–water partition coefficient (Wildman–Crippen LogP) is 2.97. The monoisotopic (exact) mass is 392 g/mol. The lowest BCUT2D eigenvalue weighted by atomic mass is 9.99. The predicted molar refractivity (Wildman–Crippen MR) is 110 cm³/mol. The molecule has 29 heavy (non-hydrogen) atoms. The van der Waals surface area contributed by atoms with Crippen LogP contribution < -0.4 is 10.6 Å². The Morgan fingerprint density at radius 1 is 1.03 bits per heavy atom. The van der Waals surface area contributed by atoms with E-state index >= 15 is 0 Å². The number of anilines is 1. The van der Waals surface area contributed by atoms with Gasteiger partial charge in [0.15, 0.2) is 0 Å². The minimum atomic E-state index is -0.699. The largest absolute Gasteiger partial charge is 0.461 e. The Bertz CT molecular complexity index is 894. The van der Waals surface area contributed by atoms with Crippen LogP contribution in [0.15, 0.2) is 72.3 Å². The van der Waals surface area contributed by atoms with E-state index in [0.29, 0.717) is 13.0 Å².